The van der Waals surface area contributed by atoms with Gasteiger partial charge in [0.05, 0.1) is 11.3 Å². The van der Waals surface area contributed by atoms with Gasteiger partial charge >= 0.3 is 5.97 Å². The lowest BCUT2D eigenvalue weighted by Gasteiger charge is -2.15. The van der Waals surface area contributed by atoms with E-state index in [1.54, 1.807) is 0 Å². The number of hydrogen-bond acceptors (Lipinski definition) is 4. The average molecular weight is 270 g/mol. The van der Waals surface area contributed by atoms with Crippen LogP contribution in [0.4, 0.5) is 10.1 Å². The smallest absolute Gasteiger partial charge is 0.305 e. The number of nitro benzene ring substituents is 1. The molecule has 0 fully saturated rings. The van der Waals surface area contributed by atoms with E-state index in [-0.39, 0.29) is 13.0 Å². The van der Waals surface area contributed by atoms with Crippen molar-refractivity contribution in [2.75, 3.05) is 13.6 Å². The lowest BCUT2D eigenvalue weighted by atomic mass is 10.1. The van der Waals surface area contributed by atoms with E-state index in [0.717, 1.165) is 23.1 Å². The summed E-state index contributed by atoms with van der Waals surface area (Å²) >= 11 is 0. The van der Waals surface area contributed by atoms with Crippen molar-refractivity contribution in [3.8, 4) is 0 Å². The Morgan fingerprint density at radius 3 is 2.63 bits per heavy atom. The van der Waals surface area contributed by atoms with Gasteiger partial charge in [0.15, 0.2) is 0 Å². The third kappa shape index (κ3) is 3.73. The number of carboxylic acid groups (broad SMARTS) is 1. The molecule has 0 unspecified atom stereocenters. The molecule has 0 aliphatic rings. The lowest BCUT2D eigenvalue weighted by molar-refractivity contribution is -0.385. The van der Waals surface area contributed by atoms with Gasteiger partial charge in [0.2, 0.25) is 0 Å². The van der Waals surface area contributed by atoms with Gasteiger partial charge in [0, 0.05) is 19.7 Å². The Kier molecular flexibility index (Phi) is 4.51. The quantitative estimate of drug-likeness (QED) is 0.641. The zero-order valence-electron chi connectivity index (χ0n) is 10.00. The molecular weight excluding hydrogens is 259 g/mol. The van der Waals surface area contributed by atoms with E-state index in [0.29, 0.717) is 0 Å². The number of nitrogens with zero attached hydrogens (tertiary/aromatic N) is 2. The van der Waals surface area contributed by atoms with Gasteiger partial charge in [-0.1, -0.05) is 0 Å². The van der Waals surface area contributed by atoms with Gasteiger partial charge in [0.25, 0.3) is 11.6 Å². The largest absolute Gasteiger partial charge is 0.481 e. The summed E-state index contributed by atoms with van der Waals surface area (Å²) in [4.78, 5) is 33.2. The van der Waals surface area contributed by atoms with Crippen LogP contribution in [0.5, 0.6) is 0 Å². The third-order valence-electron chi connectivity index (χ3n) is 2.39. The summed E-state index contributed by atoms with van der Waals surface area (Å²) < 4.78 is 13.1. The number of carbonyl (C=O) groups is 2. The molecule has 0 aliphatic heterocycles. The van der Waals surface area contributed by atoms with Crippen molar-refractivity contribution < 1.29 is 24.0 Å². The highest BCUT2D eigenvalue weighted by Gasteiger charge is 2.23. The van der Waals surface area contributed by atoms with Gasteiger partial charge in [0.1, 0.15) is 11.4 Å². The van der Waals surface area contributed by atoms with Crippen LogP contribution in [-0.4, -0.2) is 40.4 Å². The summed E-state index contributed by atoms with van der Waals surface area (Å²) in [5, 5.41) is 19.2. The van der Waals surface area contributed by atoms with E-state index in [2.05, 4.69) is 0 Å². The van der Waals surface area contributed by atoms with E-state index in [9.17, 15) is 24.1 Å². The van der Waals surface area contributed by atoms with Gasteiger partial charge in [-0.05, 0) is 12.1 Å². The molecule has 0 saturated carbocycles. The molecule has 19 heavy (non-hydrogen) atoms. The average Bonchev–Trinajstić information content (AvgIpc) is 2.34. The van der Waals surface area contributed by atoms with Crippen molar-refractivity contribution in [1.29, 1.82) is 0 Å². The number of carboxylic acids is 1. The minimum absolute atomic E-state index is 0.123. The molecule has 1 N–H and O–H groups in total. The maximum Gasteiger partial charge on any atom is 0.305 e. The number of benzene rings is 1. The molecule has 0 atom stereocenters. The fraction of sp³-hybridized carbons (Fsp3) is 0.273. The first-order chi connectivity index (χ1) is 8.82. The fourth-order valence-electron chi connectivity index (χ4n) is 1.41. The zero-order chi connectivity index (χ0) is 14.6. The molecule has 0 radical (unpaired) electrons. The van der Waals surface area contributed by atoms with Gasteiger partial charge in [-0.3, -0.25) is 19.7 Å². The Morgan fingerprint density at radius 2 is 2.11 bits per heavy atom. The second kappa shape index (κ2) is 5.89. The predicted molar refractivity (Wildman–Crippen MR) is 62.3 cm³/mol. The number of aliphatic carboxylic acids is 1. The standard InChI is InChI=1S/C11H11FN2O5/c1-13(5-4-10(15)16)11(17)8-6-7(12)2-3-9(8)14(18)19/h2-3,6H,4-5H2,1H3,(H,15,16). The van der Waals surface area contributed by atoms with E-state index in [4.69, 9.17) is 5.11 Å². The highest BCUT2D eigenvalue weighted by Crippen LogP contribution is 2.21. The SMILES string of the molecule is CN(CCC(=O)O)C(=O)c1cc(F)ccc1[N+](=O)[O-]. The van der Waals surface area contributed by atoms with Crippen LogP contribution in [0.15, 0.2) is 18.2 Å². The molecule has 7 nitrogen and oxygen atoms in total. The van der Waals surface area contributed by atoms with E-state index >= 15 is 0 Å². The minimum Gasteiger partial charge on any atom is -0.481 e. The van der Waals surface area contributed by atoms with Gasteiger partial charge in [-0.15, -0.1) is 0 Å². The van der Waals surface area contributed by atoms with Crippen molar-refractivity contribution in [3.63, 3.8) is 0 Å². The normalized spacial score (nSPS) is 10.0. The minimum atomic E-state index is -1.10. The molecule has 0 aromatic heterocycles. The van der Waals surface area contributed by atoms with Crippen molar-refractivity contribution in [3.05, 3.63) is 39.7 Å². The number of hydrogen-bond donors (Lipinski definition) is 1. The second-order valence-corrected chi connectivity index (χ2v) is 3.79. The number of carbonyl (C=O) groups excluding carboxylic acids is 1. The highest BCUT2D eigenvalue weighted by atomic mass is 19.1. The van der Waals surface area contributed by atoms with Crippen molar-refractivity contribution in [1.82, 2.24) is 4.90 Å². The van der Waals surface area contributed by atoms with Crippen LogP contribution < -0.4 is 0 Å². The molecule has 0 bridgehead atoms. The number of rotatable bonds is 5. The van der Waals surface area contributed by atoms with Crippen LogP contribution in [0.1, 0.15) is 16.8 Å². The lowest BCUT2D eigenvalue weighted by Crippen LogP contribution is -2.29. The third-order valence-corrected chi connectivity index (χ3v) is 2.39. The van der Waals surface area contributed by atoms with Crippen molar-refractivity contribution in [2.45, 2.75) is 6.42 Å². The summed E-state index contributed by atoms with van der Waals surface area (Å²) in [6.45, 7) is -0.123. The Labute approximate surface area is 107 Å². The summed E-state index contributed by atoms with van der Waals surface area (Å²) in [6, 6.07) is 2.54. The zero-order valence-corrected chi connectivity index (χ0v) is 10.00. The molecule has 8 heteroatoms. The van der Waals surface area contributed by atoms with Crippen molar-refractivity contribution >= 4 is 17.6 Å². The highest BCUT2D eigenvalue weighted by molar-refractivity contribution is 5.98. The molecule has 1 amide bonds. The Hall–Kier alpha value is -2.51. The first-order valence-electron chi connectivity index (χ1n) is 5.24. The molecule has 0 saturated heterocycles. The molecule has 1 aromatic rings. The molecule has 102 valence electrons. The topological polar surface area (TPSA) is 101 Å². The first kappa shape index (κ1) is 14.6. The second-order valence-electron chi connectivity index (χ2n) is 3.79. The van der Waals surface area contributed by atoms with Crippen molar-refractivity contribution in [2.24, 2.45) is 0 Å². The maximum atomic E-state index is 13.1. The molecular formula is C11H11FN2O5. The maximum absolute atomic E-state index is 13.1. The Balaban J connectivity index is 3.01. The van der Waals surface area contributed by atoms with E-state index in [1.165, 1.54) is 7.05 Å². The Bertz CT molecular complexity index is 532. The molecule has 1 aromatic carbocycles. The molecule has 0 aliphatic carbocycles. The summed E-state index contributed by atoms with van der Waals surface area (Å²) in [5.74, 6) is -2.68. The number of amides is 1. The van der Waals surface area contributed by atoms with E-state index < -0.39 is 33.9 Å². The van der Waals surface area contributed by atoms with Crippen LogP contribution in [0, 0.1) is 15.9 Å². The first-order valence-corrected chi connectivity index (χ1v) is 5.24. The summed E-state index contributed by atoms with van der Waals surface area (Å²) in [6.07, 6.45) is -0.300. The monoisotopic (exact) mass is 270 g/mol. The Morgan fingerprint density at radius 1 is 1.47 bits per heavy atom. The fourth-order valence-corrected chi connectivity index (χ4v) is 1.41. The molecule has 0 spiro atoms. The van der Waals surface area contributed by atoms with Crippen LogP contribution in [-0.2, 0) is 4.79 Å². The van der Waals surface area contributed by atoms with Gasteiger partial charge in [-0.25, -0.2) is 4.39 Å². The number of halogens is 1. The van der Waals surface area contributed by atoms with E-state index in [1.807, 2.05) is 0 Å². The van der Waals surface area contributed by atoms with Crippen LogP contribution in [0.2, 0.25) is 0 Å². The van der Waals surface area contributed by atoms with Crippen LogP contribution >= 0.6 is 0 Å². The predicted octanol–water partition coefficient (Wildman–Crippen LogP) is 1.28. The van der Waals surface area contributed by atoms with Crippen LogP contribution in [0.25, 0.3) is 0 Å². The van der Waals surface area contributed by atoms with Gasteiger partial charge in [-0.2, -0.15) is 0 Å². The molecule has 0 heterocycles. The van der Waals surface area contributed by atoms with Gasteiger partial charge < -0.3 is 10.0 Å². The summed E-state index contributed by atoms with van der Waals surface area (Å²) in [5.41, 5.74) is -0.925. The van der Waals surface area contributed by atoms with Crippen LogP contribution in [0.3, 0.4) is 0 Å². The molecule has 1 rings (SSSR count). The summed E-state index contributed by atoms with van der Waals surface area (Å²) in [7, 11) is 1.29. The number of nitro groups is 1.